The van der Waals surface area contributed by atoms with Gasteiger partial charge in [-0.25, -0.2) is 0 Å². The molecule has 0 amide bonds. The van der Waals surface area contributed by atoms with Crippen molar-refractivity contribution in [3.8, 4) is 11.5 Å². The van der Waals surface area contributed by atoms with Crippen molar-refractivity contribution in [2.24, 2.45) is 0 Å². The number of nitrogen functional groups attached to an aromatic ring is 1. The molecule has 0 spiro atoms. The molecule has 3 aromatic rings. The Bertz CT molecular complexity index is 752. The predicted molar refractivity (Wildman–Crippen MR) is 88.3 cm³/mol. The normalized spacial score (nSPS) is 11.0. The topological polar surface area (TPSA) is 77.8 Å². The highest BCUT2D eigenvalue weighted by molar-refractivity contribution is 9.10. The first kappa shape index (κ1) is 14.6. The summed E-state index contributed by atoms with van der Waals surface area (Å²) in [6.07, 6.45) is 0. The van der Waals surface area contributed by atoms with Crippen LogP contribution in [0.15, 0.2) is 38.2 Å². The molecule has 2 aromatic heterocycles. The van der Waals surface area contributed by atoms with Crippen molar-refractivity contribution in [3.05, 3.63) is 40.3 Å². The Kier molecular flexibility index (Phi) is 4.27. The van der Waals surface area contributed by atoms with Gasteiger partial charge in [-0.3, -0.25) is 0 Å². The van der Waals surface area contributed by atoms with Crippen LogP contribution in [0.1, 0.15) is 11.5 Å². The summed E-state index contributed by atoms with van der Waals surface area (Å²) in [5.41, 5.74) is 7.44. The molecule has 2 heterocycles. The van der Waals surface area contributed by atoms with Crippen molar-refractivity contribution >= 4 is 44.2 Å². The summed E-state index contributed by atoms with van der Waals surface area (Å²) in [6.45, 7) is 1.88. The summed E-state index contributed by atoms with van der Waals surface area (Å²) in [6, 6.07) is 8.03. The van der Waals surface area contributed by atoms with E-state index in [1.807, 2.05) is 31.2 Å². The molecule has 3 rings (SSSR count). The van der Waals surface area contributed by atoms with Gasteiger partial charge in [-0.15, -0.1) is 11.8 Å². The van der Waals surface area contributed by atoms with Gasteiger partial charge in [0.25, 0.3) is 5.89 Å². The number of aromatic nitrogens is 3. The van der Waals surface area contributed by atoms with Gasteiger partial charge in [0.1, 0.15) is 5.00 Å². The molecule has 0 fully saturated rings. The minimum Gasteiger partial charge on any atom is -0.389 e. The van der Waals surface area contributed by atoms with Gasteiger partial charge >= 0.3 is 0 Å². The minimum absolute atomic E-state index is 0.432. The van der Waals surface area contributed by atoms with Crippen LogP contribution in [-0.4, -0.2) is 14.5 Å². The molecule has 0 unspecified atom stereocenters. The van der Waals surface area contributed by atoms with E-state index in [-0.39, 0.29) is 0 Å². The van der Waals surface area contributed by atoms with Gasteiger partial charge in [-0.05, 0) is 46.5 Å². The molecule has 2 N–H and O–H groups in total. The molecular formula is C13H11BrN4OS2. The molecular weight excluding hydrogens is 372 g/mol. The lowest BCUT2D eigenvalue weighted by molar-refractivity contribution is 0.425. The summed E-state index contributed by atoms with van der Waals surface area (Å²) >= 11 is 6.40. The number of nitrogens with two attached hydrogens (primary N) is 1. The van der Waals surface area contributed by atoms with Crippen LogP contribution in [0.5, 0.6) is 0 Å². The van der Waals surface area contributed by atoms with E-state index in [4.69, 9.17) is 10.3 Å². The minimum atomic E-state index is 0.432. The number of thioether (sulfide) groups is 1. The van der Waals surface area contributed by atoms with Crippen LogP contribution in [0, 0.1) is 6.92 Å². The number of nitrogens with zero attached hydrogens (tertiary/aromatic N) is 3. The fourth-order valence-electron chi connectivity index (χ4n) is 1.77. The van der Waals surface area contributed by atoms with Crippen molar-refractivity contribution in [1.82, 2.24) is 14.5 Å². The summed E-state index contributed by atoms with van der Waals surface area (Å²) in [4.78, 5) is 5.53. The molecule has 0 radical (unpaired) electrons. The van der Waals surface area contributed by atoms with Crippen LogP contribution < -0.4 is 5.73 Å². The monoisotopic (exact) mass is 382 g/mol. The van der Waals surface area contributed by atoms with Gasteiger partial charge in [0.15, 0.2) is 5.82 Å². The average Bonchev–Trinajstić information content (AvgIpc) is 3.05. The number of halogens is 1. The summed E-state index contributed by atoms with van der Waals surface area (Å²) in [5.74, 6) is 1.69. The number of aryl methyl sites for hydroxylation is 1. The Morgan fingerprint density at radius 1 is 1.38 bits per heavy atom. The maximum absolute atomic E-state index is 5.88. The average molecular weight is 383 g/mol. The van der Waals surface area contributed by atoms with Gasteiger partial charge in [0.2, 0.25) is 0 Å². The highest BCUT2D eigenvalue weighted by Gasteiger charge is 2.17. The van der Waals surface area contributed by atoms with Crippen molar-refractivity contribution in [1.29, 1.82) is 0 Å². The molecule has 108 valence electrons. The van der Waals surface area contributed by atoms with E-state index in [0.29, 0.717) is 22.5 Å². The van der Waals surface area contributed by atoms with E-state index in [2.05, 4.69) is 30.4 Å². The molecule has 0 aliphatic rings. The molecule has 21 heavy (non-hydrogen) atoms. The molecule has 0 aliphatic carbocycles. The molecule has 0 atom stereocenters. The second kappa shape index (κ2) is 6.17. The lowest BCUT2D eigenvalue weighted by Gasteiger charge is -2.00. The summed E-state index contributed by atoms with van der Waals surface area (Å²) in [5, 5.41) is 4.60. The summed E-state index contributed by atoms with van der Waals surface area (Å²) in [7, 11) is 0. The van der Waals surface area contributed by atoms with Gasteiger partial charge in [-0.2, -0.15) is 9.36 Å². The Hall–Kier alpha value is -1.38. The zero-order chi connectivity index (χ0) is 14.8. The first-order valence-corrected chi connectivity index (χ1v) is 8.62. The van der Waals surface area contributed by atoms with Gasteiger partial charge in [-0.1, -0.05) is 17.3 Å². The predicted octanol–water partition coefficient (Wildman–Crippen LogP) is 4.14. The SMILES string of the molecule is Cc1nsc(N)c1-c1nc(CSc2ccccc2Br)no1. The Balaban J connectivity index is 1.76. The fourth-order valence-corrected chi connectivity index (χ4v) is 3.83. The maximum Gasteiger partial charge on any atom is 0.262 e. The van der Waals surface area contributed by atoms with Crippen molar-refractivity contribution in [3.63, 3.8) is 0 Å². The number of hydrogen-bond acceptors (Lipinski definition) is 7. The maximum atomic E-state index is 5.88. The van der Waals surface area contributed by atoms with E-state index >= 15 is 0 Å². The molecule has 1 aromatic carbocycles. The van der Waals surface area contributed by atoms with Crippen molar-refractivity contribution in [2.45, 2.75) is 17.6 Å². The van der Waals surface area contributed by atoms with E-state index in [1.54, 1.807) is 11.8 Å². The molecule has 0 saturated heterocycles. The van der Waals surface area contributed by atoms with Crippen LogP contribution in [-0.2, 0) is 5.75 Å². The van der Waals surface area contributed by atoms with Gasteiger partial charge in [0, 0.05) is 9.37 Å². The Morgan fingerprint density at radius 2 is 2.19 bits per heavy atom. The smallest absolute Gasteiger partial charge is 0.262 e. The van der Waals surface area contributed by atoms with Crippen LogP contribution in [0.3, 0.4) is 0 Å². The number of rotatable bonds is 4. The second-order valence-corrected chi connectivity index (χ2v) is 6.92. The third-order valence-corrected chi connectivity index (χ3v) is 5.55. The standard InChI is InChI=1S/C13H11BrN4OS2/c1-7-11(12(15)21-18-7)13-16-10(17-19-13)6-20-9-5-3-2-4-8(9)14/h2-5H,6,15H2,1H3. The largest absolute Gasteiger partial charge is 0.389 e. The van der Waals surface area contributed by atoms with Crippen LogP contribution >= 0.6 is 39.2 Å². The Labute approximate surface area is 138 Å². The zero-order valence-electron chi connectivity index (χ0n) is 11.0. The van der Waals surface area contributed by atoms with Crippen molar-refractivity contribution < 1.29 is 4.52 Å². The molecule has 0 saturated carbocycles. The molecule has 8 heteroatoms. The van der Waals surface area contributed by atoms with Gasteiger partial charge < -0.3 is 10.3 Å². The second-order valence-electron chi connectivity index (χ2n) is 4.24. The first-order chi connectivity index (χ1) is 10.1. The lowest BCUT2D eigenvalue weighted by atomic mass is 10.2. The first-order valence-electron chi connectivity index (χ1n) is 6.07. The Morgan fingerprint density at radius 3 is 2.90 bits per heavy atom. The van der Waals surface area contributed by atoms with Crippen molar-refractivity contribution in [2.75, 3.05) is 5.73 Å². The fraction of sp³-hybridized carbons (Fsp3) is 0.154. The highest BCUT2D eigenvalue weighted by Crippen LogP contribution is 2.32. The third-order valence-electron chi connectivity index (χ3n) is 2.76. The zero-order valence-corrected chi connectivity index (χ0v) is 14.3. The lowest BCUT2D eigenvalue weighted by Crippen LogP contribution is -1.88. The highest BCUT2D eigenvalue weighted by atomic mass is 79.9. The number of hydrogen-bond donors (Lipinski definition) is 1. The van der Waals surface area contributed by atoms with Crippen LogP contribution in [0.4, 0.5) is 5.00 Å². The number of benzene rings is 1. The van der Waals surface area contributed by atoms with E-state index in [0.717, 1.165) is 20.6 Å². The number of anilines is 1. The van der Waals surface area contributed by atoms with E-state index < -0.39 is 0 Å². The van der Waals surface area contributed by atoms with Crippen LogP contribution in [0.25, 0.3) is 11.5 Å². The summed E-state index contributed by atoms with van der Waals surface area (Å²) < 4.78 is 10.5. The molecule has 5 nitrogen and oxygen atoms in total. The molecule has 0 bridgehead atoms. The van der Waals surface area contributed by atoms with E-state index in [9.17, 15) is 0 Å². The van der Waals surface area contributed by atoms with Gasteiger partial charge in [0.05, 0.1) is 17.0 Å². The molecule has 0 aliphatic heterocycles. The quantitative estimate of drug-likeness (QED) is 0.683. The van der Waals surface area contributed by atoms with E-state index in [1.165, 1.54) is 11.5 Å². The third kappa shape index (κ3) is 3.12. The van der Waals surface area contributed by atoms with Crippen LogP contribution in [0.2, 0.25) is 0 Å².